The highest BCUT2D eigenvalue weighted by Crippen LogP contribution is 2.38. The van der Waals surface area contributed by atoms with E-state index in [0.717, 1.165) is 0 Å². The molecule has 0 aliphatic heterocycles. The summed E-state index contributed by atoms with van der Waals surface area (Å²) in [5, 5.41) is 7.40. The number of methoxy groups -OCH3 is 2. The van der Waals surface area contributed by atoms with Gasteiger partial charge in [-0.3, -0.25) is 0 Å². The Bertz CT molecular complexity index is 601. The first kappa shape index (κ1) is 14.6. The first-order valence-electron chi connectivity index (χ1n) is 6.03. The average molecular weight is 298 g/mol. The van der Waals surface area contributed by atoms with Crippen LogP contribution in [0.4, 0.5) is 0 Å². The first-order valence-corrected chi connectivity index (χ1v) is 6.41. The fourth-order valence-corrected chi connectivity index (χ4v) is 1.99. The lowest BCUT2D eigenvalue weighted by Crippen LogP contribution is -2.12. The smallest absolute Gasteiger partial charge is 0.243 e. The van der Waals surface area contributed by atoms with Crippen molar-refractivity contribution in [1.29, 1.82) is 0 Å². The van der Waals surface area contributed by atoms with Crippen LogP contribution in [0.15, 0.2) is 16.7 Å². The number of benzene rings is 1. The van der Waals surface area contributed by atoms with Gasteiger partial charge in [-0.25, -0.2) is 0 Å². The number of hydrogen-bond donors (Lipinski definition) is 1. The third-order valence-corrected chi connectivity index (χ3v) is 3.22. The predicted octanol–water partition coefficient (Wildman–Crippen LogP) is 2.69. The largest absolute Gasteiger partial charge is 0.493 e. The minimum absolute atomic E-state index is 0.0214. The van der Waals surface area contributed by atoms with E-state index in [1.54, 1.807) is 19.2 Å². The summed E-state index contributed by atoms with van der Waals surface area (Å²) in [5.41, 5.74) is 0.700. The molecule has 1 atom stereocenters. The van der Waals surface area contributed by atoms with Crippen LogP contribution in [-0.2, 0) is 0 Å². The lowest BCUT2D eigenvalue weighted by Gasteiger charge is -2.10. The van der Waals surface area contributed by atoms with Crippen molar-refractivity contribution in [3.8, 4) is 22.9 Å². The summed E-state index contributed by atoms with van der Waals surface area (Å²) >= 11 is 6.16. The number of nitrogens with one attached hydrogen (secondary N) is 1. The van der Waals surface area contributed by atoms with Gasteiger partial charge in [0.05, 0.1) is 25.3 Å². The SMILES string of the molecule is CNC(C)c1nc(-c2cc(Cl)c(OC)c(OC)c2)no1. The van der Waals surface area contributed by atoms with Gasteiger partial charge in [0, 0.05) is 5.56 Å². The van der Waals surface area contributed by atoms with Crippen molar-refractivity contribution in [2.75, 3.05) is 21.3 Å². The van der Waals surface area contributed by atoms with Crippen LogP contribution in [0, 0.1) is 0 Å². The van der Waals surface area contributed by atoms with Gasteiger partial charge in [-0.1, -0.05) is 16.8 Å². The fraction of sp³-hybridized carbons (Fsp3) is 0.385. The highest BCUT2D eigenvalue weighted by Gasteiger charge is 2.17. The summed E-state index contributed by atoms with van der Waals surface area (Å²) in [5.74, 6) is 1.95. The zero-order valence-corrected chi connectivity index (χ0v) is 12.5. The van der Waals surface area contributed by atoms with Gasteiger partial charge >= 0.3 is 0 Å². The molecule has 108 valence electrons. The molecule has 1 aromatic carbocycles. The molecular formula is C13H16ClN3O3. The monoisotopic (exact) mass is 297 g/mol. The third kappa shape index (κ3) is 2.71. The summed E-state index contributed by atoms with van der Waals surface area (Å²) in [7, 11) is 4.90. The van der Waals surface area contributed by atoms with E-state index in [9.17, 15) is 0 Å². The maximum Gasteiger partial charge on any atom is 0.243 e. The quantitative estimate of drug-likeness (QED) is 0.915. The van der Waals surface area contributed by atoms with Crippen molar-refractivity contribution >= 4 is 11.6 Å². The molecule has 1 unspecified atom stereocenters. The van der Waals surface area contributed by atoms with Gasteiger partial charge in [-0.2, -0.15) is 4.98 Å². The van der Waals surface area contributed by atoms with Gasteiger partial charge in [0.2, 0.25) is 11.7 Å². The van der Waals surface area contributed by atoms with E-state index in [1.807, 2.05) is 14.0 Å². The highest BCUT2D eigenvalue weighted by molar-refractivity contribution is 6.32. The molecular weight excluding hydrogens is 282 g/mol. The van der Waals surface area contributed by atoms with Crippen molar-refractivity contribution in [3.05, 3.63) is 23.0 Å². The van der Waals surface area contributed by atoms with Crippen LogP contribution in [0.3, 0.4) is 0 Å². The molecule has 2 rings (SSSR count). The van der Waals surface area contributed by atoms with Gasteiger partial charge in [0.15, 0.2) is 11.5 Å². The summed E-state index contributed by atoms with van der Waals surface area (Å²) in [6, 6.07) is 3.44. The number of nitrogens with zero attached hydrogens (tertiary/aromatic N) is 2. The van der Waals surface area contributed by atoms with Crippen LogP contribution < -0.4 is 14.8 Å². The Morgan fingerprint density at radius 3 is 2.65 bits per heavy atom. The Kier molecular flexibility index (Phi) is 4.46. The minimum atomic E-state index is -0.0214. The molecule has 6 nitrogen and oxygen atoms in total. The third-order valence-electron chi connectivity index (χ3n) is 2.94. The lowest BCUT2D eigenvalue weighted by atomic mass is 10.2. The normalized spacial score (nSPS) is 12.2. The van der Waals surface area contributed by atoms with Crippen LogP contribution in [0.1, 0.15) is 18.9 Å². The minimum Gasteiger partial charge on any atom is -0.493 e. The number of aromatic nitrogens is 2. The van der Waals surface area contributed by atoms with Crippen LogP contribution >= 0.6 is 11.6 Å². The molecule has 1 N–H and O–H groups in total. The summed E-state index contributed by atoms with van der Waals surface area (Å²) in [6.45, 7) is 1.93. The lowest BCUT2D eigenvalue weighted by molar-refractivity contribution is 0.347. The molecule has 0 saturated carbocycles. The second kappa shape index (κ2) is 6.11. The zero-order chi connectivity index (χ0) is 14.7. The molecule has 2 aromatic rings. The number of rotatable bonds is 5. The summed E-state index contributed by atoms with van der Waals surface area (Å²) in [6.07, 6.45) is 0. The van der Waals surface area contributed by atoms with Crippen molar-refractivity contribution < 1.29 is 14.0 Å². The van der Waals surface area contributed by atoms with Crippen molar-refractivity contribution in [2.24, 2.45) is 0 Å². The number of hydrogen-bond acceptors (Lipinski definition) is 6. The molecule has 20 heavy (non-hydrogen) atoms. The average Bonchev–Trinajstić information content (AvgIpc) is 2.95. The maximum atomic E-state index is 6.16. The van der Waals surface area contributed by atoms with E-state index >= 15 is 0 Å². The molecule has 0 bridgehead atoms. The molecule has 0 aliphatic rings. The second-order valence-corrected chi connectivity index (χ2v) is 4.57. The molecule has 1 aromatic heterocycles. The standard InChI is InChI=1S/C13H16ClN3O3/c1-7(15-2)13-16-12(17-20-13)8-5-9(14)11(19-4)10(6-8)18-3/h5-7,15H,1-4H3. The van der Waals surface area contributed by atoms with Crippen LogP contribution in [0.25, 0.3) is 11.4 Å². The summed E-state index contributed by atoms with van der Waals surface area (Å²) in [4.78, 5) is 4.33. The molecule has 1 heterocycles. The fourth-order valence-electron chi connectivity index (χ4n) is 1.70. The Balaban J connectivity index is 2.42. The molecule has 0 fully saturated rings. The highest BCUT2D eigenvalue weighted by atomic mass is 35.5. The van der Waals surface area contributed by atoms with Gasteiger partial charge in [-0.05, 0) is 26.1 Å². The maximum absolute atomic E-state index is 6.16. The van der Waals surface area contributed by atoms with Crippen molar-refractivity contribution in [1.82, 2.24) is 15.5 Å². The van der Waals surface area contributed by atoms with Crippen LogP contribution in [0.2, 0.25) is 5.02 Å². The molecule has 0 radical (unpaired) electrons. The zero-order valence-electron chi connectivity index (χ0n) is 11.7. The van der Waals surface area contributed by atoms with E-state index in [2.05, 4.69) is 15.5 Å². The summed E-state index contributed by atoms with van der Waals surface area (Å²) < 4.78 is 15.6. The van der Waals surface area contributed by atoms with E-state index in [4.69, 9.17) is 25.6 Å². The Morgan fingerprint density at radius 2 is 2.05 bits per heavy atom. The molecule has 0 saturated heterocycles. The Hall–Kier alpha value is -1.79. The van der Waals surface area contributed by atoms with Gasteiger partial charge in [0.25, 0.3) is 0 Å². The Labute approximate surface area is 122 Å². The van der Waals surface area contributed by atoms with Crippen LogP contribution in [0.5, 0.6) is 11.5 Å². The molecule has 0 aliphatic carbocycles. The first-order chi connectivity index (χ1) is 9.60. The van der Waals surface area contributed by atoms with Crippen molar-refractivity contribution in [2.45, 2.75) is 13.0 Å². The van der Waals surface area contributed by atoms with E-state index < -0.39 is 0 Å². The Morgan fingerprint density at radius 1 is 1.30 bits per heavy atom. The van der Waals surface area contributed by atoms with Gasteiger partial charge in [-0.15, -0.1) is 0 Å². The van der Waals surface area contributed by atoms with Gasteiger partial charge in [0.1, 0.15) is 0 Å². The second-order valence-electron chi connectivity index (χ2n) is 4.16. The topological polar surface area (TPSA) is 69.4 Å². The molecule has 0 amide bonds. The van der Waals surface area contributed by atoms with E-state index in [0.29, 0.717) is 33.8 Å². The van der Waals surface area contributed by atoms with Crippen molar-refractivity contribution in [3.63, 3.8) is 0 Å². The molecule has 0 spiro atoms. The van der Waals surface area contributed by atoms with E-state index in [1.165, 1.54) is 7.11 Å². The van der Waals surface area contributed by atoms with Gasteiger partial charge < -0.3 is 19.3 Å². The van der Waals surface area contributed by atoms with E-state index in [-0.39, 0.29) is 6.04 Å². The van der Waals surface area contributed by atoms with Crippen LogP contribution in [-0.4, -0.2) is 31.4 Å². The number of ether oxygens (including phenoxy) is 2. The number of halogens is 1. The predicted molar refractivity (Wildman–Crippen MR) is 75.3 cm³/mol. The molecule has 7 heteroatoms.